The van der Waals surface area contributed by atoms with Gasteiger partial charge in [0, 0.05) is 6.07 Å². The lowest BCUT2D eigenvalue weighted by atomic mass is 10.6. The molecule has 0 spiro atoms. The molecule has 1 heterocycles. The Morgan fingerprint density at radius 1 is 1.65 bits per heavy atom. The first-order chi connectivity index (χ1) is 8.01. The van der Waals surface area contributed by atoms with Gasteiger partial charge in [-0.25, -0.2) is 9.78 Å². The Balaban J connectivity index is 2.53. The van der Waals surface area contributed by atoms with Crippen LogP contribution in [0.4, 0.5) is 10.6 Å². The molecule has 0 radical (unpaired) electrons. The number of ether oxygens (including phenoxy) is 1. The quantitative estimate of drug-likeness (QED) is 0.484. The highest BCUT2D eigenvalue weighted by molar-refractivity contribution is 7.99. The van der Waals surface area contributed by atoms with Crippen molar-refractivity contribution in [3.63, 3.8) is 0 Å². The van der Waals surface area contributed by atoms with Crippen molar-refractivity contribution in [3.8, 4) is 0 Å². The lowest BCUT2D eigenvalue weighted by molar-refractivity contribution is -0.117. The average molecular weight is 258 g/mol. The Hall–Kier alpha value is -2.03. The number of nitrogens with zero attached hydrogens (tertiary/aromatic N) is 1. The van der Waals surface area contributed by atoms with E-state index in [9.17, 15) is 14.4 Å². The van der Waals surface area contributed by atoms with E-state index in [0.29, 0.717) is 0 Å². The van der Waals surface area contributed by atoms with Gasteiger partial charge in [0.15, 0.2) is 5.16 Å². The normalized spacial score (nSPS) is 9.71. The predicted molar refractivity (Wildman–Crippen MR) is 60.5 cm³/mol. The van der Waals surface area contributed by atoms with Gasteiger partial charge >= 0.3 is 6.09 Å². The van der Waals surface area contributed by atoms with Gasteiger partial charge in [0.25, 0.3) is 5.56 Å². The number of rotatable bonds is 3. The van der Waals surface area contributed by atoms with E-state index in [4.69, 9.17) is 5.73 Å². The molecule has 0 aliphatic rings. The predicted octanol–water partition coefficient (Wildman–Crippen LogP) is -0.673. The van der Waals surface area contributed by atoms with Gasteiger partial charge in [-0.2, -0.15) is 0 Å². The Morgan fingerprint density at radius 3 is 2.94 bits per heavy atom. The Labute approximate surface area is 99.9 Å². The number of carbonyl (C=O) groups is 2. The number of nitrogen functional groups attached to an aromatic ring is 1. The standard InChI is InChI=1S/C8H10N4O4S/c1-16-8(15)12-6(14)3-17-7-10-4(9)2-5(13)11-7/h2H,3H2,1H3,(H,12,14,15)(H3,9,10,11,13). The highest BCUT2D eigenvalue weighted by atomic mass is 32.2. The number of nitrogens with two attached hydrogens (primary N) is 1. The summed E-state index contributed by atoms with van der Waals surface area (Å²) in [5, 5.41) is 2.16. The first-order valence-electron chi connectivity index (χ1n) is 4.38. The number of aromatic nitrogens is 2. The van der Waals surface area contributed by atoms with Gasteiger partial charge in [-0.15, -0.1) is 0 Å². The fraction of sp³-hybridized carbons (Fsp3) is 0.250. The molecule has 0 saturated heterocycles. The van der Waals surface area contributed by atoms with Gasteiger partial charge in [0.2, 0.25) is 5.91 Å². The zero-order valence-corrected chi connectivity index (χ0v) is 9.67. The van der Waals surface area contributed by atoms with Gasteiger partial charge in [-0.1, -0.05) is 11.8 Å². The van der Waals surface area contributed by atoms with Gasteiger partial charge < -0.3 is 15.5 Å². The second-order valence-corrected chi connectivity index (χ2v) is 3.77. The number of amides is 2. The second-order valence-electron chi connectivity index (χ2n) is 2.80. The van der Waals surface area contributed by atoms with Crippen LogP contribution < -0.4 is 16.6 Å². The third kappa shape index (κ3) is 4.55. The number of hydrogen-bond donors (Lipinski definition) is 3. The Kier molecular flexibility index (Phi) is 4.52. The average Bonchev–Trinajstić information content (AvgIpc) is 2.25. The summed E-state index contributed by atoms with van der Waals surface area (Å²) in [4.78, 5) is 39.1. The highest BCUT2D eigenvalue weighted by Gasteiger charge is 2.09. The minimum atomic E-state index is -0.843. The molecule has 2 amide bonds. The molecule has 4 N–H and O–H groups in total. The summed E-state index contributed by atoms with van der Waals surface area (Å²) in [5.41, 5.74) is 4.94. The Bertz CT molecular complexity index is 487. The number of thioether (sulfide) groups is 1. The van der Waals surface area contributed by atoms with E-state index in [1.54, 1.807) is 0 Å². The smallest absolute Gasteiger partial charge is 0.413 e. The number of imide groups is 1. The van der Waals surface area contributed by atoms with Crippen LogP contribution in [0.5, 0.6) is 0 Å². The molecule has 1 aromatic rings. The monoisotopic (exact) mass is 258 g/mol. The first kappa shape index (κ1) is 13.0. The molecule has 0 aliphatic heterocycles. The van der Waals surface area contributed by atoms with Gasteiger partial charge in [0.1, 0.15) is 5.82 Å². The van der Waals surface area contributed by atoms with Gasteiger partial charge in [0.05, 0.1) is 12.9 Å². The number of carbonyl (C=O) groups excluding carboxylic acids is 2. The Morgan fingerprint density at radius 2 is 2.35 bits per heavy atom. The second kappa shape index (κ2) is 5.89. The van der Waals surface area contributed by atoms with Gasteiger partial charge in [-0.05, 0) is 0 Å². The van der Waals surface area contributed by atoms with Crippen LogP contribution in [0.25, 0.3) is 0 Å². The summed E-state index contributed by atoms with van der Waals surface area (Å²) in [6, 6.07) is 1.12. The van der Waals surface area contributed by atoms with Crippen molar-refractivity contribution in [2.45, 2.75) is 5.16 Å². The maximum atomic E-state index is 11.2. The molecule has 0 atom stereocenters. The lowest BCUT2D eigenvalue weighted by Gasteiger charge is -2.02. The fourth-order valence-electron chi connectivity index (χ4n) is 0.856. The summed E-state index contributed by atoms with van der Waals surface area (Å²) in [5.74, 6) is -0.599. The maximum absolute atomic E-state index is 11.2. The third-order valence-electron chi connectivity index (χ3n) is 1.51. The molecular weight excluding hydrogens is 248 g/mol. The van der Waals surface area contributed by atoms with Crippen LogP contribution in [-0.2, 0) is 9.53 Å². The van der Waals surface area contributed by atoms with Crippen molar-refractivity contribution in [2.75, 3.05) is 18.6 Å². The van der Waals surface area contributed by atoms with Gasteiger partial charge in [-0.3, -0.25) is 14.9 Å². The number of hydrogen-bond acceptors (Lipinski definition) is 7. The van der Waals surface area contributed by atoms with Crippen LogP contribution in [0.2, 0.25) is 0 Å². The third-order valence-corrected chi connectivity index (χ3v) is 2.38. The summed E-state index contributed by atoms with van der Waals surface area (Å²) in [7, 11) is 1.15. The molecule has 0 aliphatic carbocycles. The van der Waals surface area contributed by atoms with Crippen molar-refractivity contribution >= 4 is 29.6 Å². The molecule has 0 saturated carbocycles. The van der Waals surface area contributed by atoms with E-state index in [1.165, 1.54) is 0 Å². The number of nitrogens with one attached hydrogen (secondary N) is 2. The first-order valence-corrected chi connectivity index (χ1v) is 5.37. The fourth-order valence-corrected chi connectivity index (χ4v) is 1.54. The summed E-state index contributed by atoms with van der Waals surface area (Å²) in [6.45, 7) is 0. The highest BCUT2D eigenvalue weighted by Crippen LogP contribution is 2.10. The van der Waals surface area contributed by atoms with Crippen LogP contribution in [-0.4, -0.2) is 34.8 Å². The maximum Gasteiger partial charge on any atom is 0.413 e. The van der Waals surface area contributed by atoms with Crippen molar-refractivity contribution in [3.05, 3.63) is 16.4 Å². The molecule has 92 valence electrons. The minimum absolute atomic E-state index is 0.0598. The van der Waals surface area contributed by atoms with E-state index >= 15 is 0 Å². The van der Waals surface area contributed by atoms with Crippen LogP contribution in [0.1, 0.15) is 0 Å². The number of H-pyrrole nitrogens is 1. The van der Waals surface area contributed by atoms with Crippen molar-refractivity contribution in [2.24, 2.45) is 0 Å². The molecule has 17 heavy (non-hydrogen) atoms. The summed E-state index contributed by atoms with van der Waals surface area (Å²) < 4.78 is 4.24. The van der Waals surface area contributed by atoms with Crippen LogP contribution in [0.15, 0.2) is 16.0 Å². The molecule has 9 heteroatoms. The van der Waals surface area contributed by atoms with Crippen LogP contribution >= 0.6 is 11.8 Å². The number of aromatic amines is 1. The van der Waals surface area contributed by atoms with Crippen molar-refractivity contribution in [1.82, 2.24) is 15.3 Å². The van der Waals surface area contributed by atoms with E-state index in [0.717, 1.165) is 24.9 Å². The van der Waals surface area contributed by atoms with Crippen molar-refractivity contribution < 1.29 is 14.3 Å². The minimum Gasteiger partial charge on any atom is -0.453 e. The largest absolute Gasteiger partial charge is 0.453 e. The zero-order chi connectivity index (χ0) is 12.8. The van der Waals surface area contributed by atoms with E-state index in [1.807, 2.05) is 5.32 Å². The molecular formula is C8H10N4O4S. The summed E-state index contributed by atoms with van der Waals surface area (Å²) >= 11 is 0.943. The molecule has 1 aromatic heterocycles. The van der Waals surface area contributed by atoms with E-state index in [-0.39, 0.29) is 16.7 Å². The molecule has 0 aromatic carbocycles. The molecule has 8 nitrogen and oxygen atoms in total. The number of alkyl carbamates (subject to hydrolysis) is 1. The molecule has 0 unspecified atom stereocenters. The van der Waals surface area contributed by atoms with E-state index < -0.39 is 17.6 Å². The molecule has 0 bridgehead atoms. The molecule has 1 rings (SSSR count). The number of anilines is 1. The number of methoxy groups -OCH3 is 1. The SMILES string of the molecule is COC(=O)NC(=O)CSc1nc(N)cc(=O)[nH]1. The zero-order valence-electron chi connectivity index (χ0n) is 8.85. The molecule has 0 fully saturated rings. The summed E-state index contributed by atoms with van der Waals surface area (Å²) in [6.07, 6.45) is -0.843. The van der Waals surface area contributed by atoms with Crippen molar-refractivity contribution in [1.29, 1.82) is 0 Å². The van der Waals surface area contributed by atoms with E-state index in [2.05, 4.69) is 14.7 Å². The van der Waals surface area contributed by atoms with Crippen LogP contribution in [0.3, 0.4) is 0 Å². The lowest BCUT2D eigenvalue weighted by Crippen LogP contribution is -2.31. The van der Waals surface area contributed by atoms with Crippen LogP contribution in [0, 0.1) is 0 Å². The topological polar surface area (TPSA) is 127 Å².